The highest BCUT2D eigenvalue weighted by Crippen LogP contribution is 2.32. The highest BCUT2D eigenvalue weighted by atomic mass is 16.5. The van der Waals surface area contributed by atoms with Crippen LogP contribution in [-0.4, -0.2) is 42.9 Å². The highest BCUT2D eigenvalue weighted by molar-refractivity contribution is 6.10. The van der Waals surface area contributed by atoms with Gasteiger partial charge in [0.05, 0.1) is 13.4 Å². The number of carbonyl (C=O) groups is 3. The predicted octanol–water partition coefficient (Wildman–Crippen LogP) is 2.03. The van der Waals surface area contributed by atoms with E-state index in [1.54, 1.807) is 37.1 Å². The van der Waals surface area contributed by atoms with Gasteiger partial charge in [-0.3, -0.25) is 14.5 Å². The first kappa shape index (κ1) is 18.1. The number of aryl methyl sites for hydroxylation is 1. The first-order valence-corrected chi connectivity index (χ1v) is 9.09. The molecule has 1 aromatic carbocycles. The lowest BCUT2D eigenvalue weighted by atomic mass is 9.99. The van der Waals surface area contributed by atoms with Crippen LogP contribution in [0.2, 0.25) is 0 Å². The highest BCUT2D eigenvalue weighted by Gasteiger charge is 2.51. The fourth-order valence-corrected chi connectivity index (χ4v) is 3.75. The molecule has 8 nitrogen and oxygen atoms in total. The second-order valence-corrected chi connectivity index (χ2v) is 7.07. The minimum Gasteiger partial charge on any atom is -0.497 e. The minimum absolute atomic E-state index is 0.307. The molecule has 0 bridgehead atoms. The van der Waals surface area contributed by atoms with Crippen LogP contribution in [-0.2, 0) is 21.5 Å². The summed E-state index contributed by atoms with van der Waals surface area (Å²) in [5, 5.41) is 2.63. The molecule has 0 radical (unpaired) electrons. The Balaban J connectivity index is 1.55. The van der Waals surface area contributed by atoms with Crippen molar-refractivity contribution in [3.63, 3.8) is 0 Å². The first-order valence-electron chi connectivity index (χ1n) is 9.09. The quantitative estimate of drug-likeness (QED) is 0.816. The Morgan fingerprint density at radius 3 is 2.86 bits per heavy atom. The summed E-state index contributed by atoms with van der Waals surface area (Å²) < 4.78 is 10.6. The number of imide groups is 1. The number of furan rings is 1. The molecule has 8 heteroatoms. The largest absolute Gasteiger partial charge is 0.497 e. The van der Waals surface area contributed by atoms with Crippen LogP contribution in [0.1, 0.15) is 24.7 Å². The summed E-state index contributed by atoms with van der Waals surface area (Å²) in [6, 6.07) is 8.21. The van der Waals surface area contributed by atoms with E-state index in [0.717, 1.165) is 34.7 Å². The van der Waals surface area contributed by atoms with E-state index in [0.29, 0.717) is 12.3 Å². The molecular weight excluding hydrogens is 362 g/mol. The van der Waals surface area contributed by atoms with Crippen molar-refractivity contribution in [3.05, 3.63) is 47.9 Å². The molecule has 146 valence electrons. The van der Waals surface area contributed by atoms with Gasteiger partial charge in [0.25, 0.3) is 5.91 Å². The molecule has 1 saturated heterocycles. The summed E-state index contributed by atoms with van der Waals surface area (Å²) >= 11 is 0. The van der Waals surface area contributed by atoms with Gasteiger partial charge in [-0.1, -0.05) is 0 Å². The van der Waals surface area contributed by atoms with Crippen LogP contribution in [0.15, 0.2) is 41.0 Å². The second kappa shape index (κ2) is 6.70. The summed E-state index contributed by atoms with van der Waals surface area (Å²) in [4.78, 5) is 40.8. The standard InChI is InChI=1S/C20H21N3O5/c1-20(16-6-4-10-28-16)18(25)23(19(26)21-20)12-17(24)22-9-3-5-13-11-14(27-2)7-8-15(13)22/h4,6-8,10-11H,3,5,9,12H2,1-2H3,(H,21,26). The van der Waals surface area contributed by atoms with Crippen LogP contribution in [0.3, 0.4) is 0 Å². The van der Waals surface area contributed by atoms with Gasteiger partial charge in [-0.25, -0.2) is 4.79 Å². The maximum absolute atomic E-state index is 13.0. The van der Waals surface area contributed by atoms with Gasteiger partial charge in [0, 0.05) is 12.2 Å². The molecule has 1 atom stereocenters. The van der Waals surface area contributed by atoms with E-state index in [9.17, 15) is 14.4 Å². The Hall–Kier alpha value is -3.29. The van der Waals surface area contributed by atoms with Gasteiger partial charge >= 0.3 is 6.03 Å². The SMILES string of the molecule is COc1ccc2c(c1)CCCN2C(=O)CN1C(=O)NC(C)(c2ccco2)C1=O. The number of rotatable bonds is 4. The molecule has 2 aliphatic heterocycles. The second-order valence-electron chi connectivity index (χ2n) is 7.07. The van der Waals surface area contributed by atoms with Gasteiger partial charge in [-0.05, 0) is 55.7 Å². The van der Waals surface area contributed by atoms with Gasteiger partial charge in [0.2, 0.25) is 5.91 Å². The maximum atomic E-state index is 13.0. The van der Waals surface area contributed by atoms with Crippen molar-refractivity contribution >= 4 is 23.5 Å². The van der Waals surface area contributed by atoms with Gasteiger partial charge < -0.3 is 19.4 Å². The van der Waals surface area contributed by atoms with Gasteiger partial charge in [-0.2, -0.15) is 0 Å². The molecule has 4 rings (SSSR count). The normalized spacial score (nSPS) is 21.5. The van der Waals surface area contributed by atoms with Gasteiger partial charge in [-0.15, -0.1) is 0 Å². The van der Waals surface area contributed by atoms with E-state index in [1.807, 2.05) is 12.1 Å². The van der Waals surface area contributed by atoms with Crippen molar-refractivity contribution in [1.29, 1.82) is 0 Å². The van der Waals surface area contributed by atoms with Crippen molar-refractivity contribution in [3.8, 4) is 5.75 Å². The summed E-state index contributed by atoms with van der Waals surface area (Å²) in [5.41, 5.74) is 0.489. The van der Waals surface area contributed by atoms with Crippen LogP contribution in [0.4, 0.5) is 10.5 Å². The Labute approximate surface area is 162 Å². The number of methoxy groups -OCH3 is 1. The number of fused-ring (bicyclic) bond motifs is 1. The molecule has 0 saturated carbocycles. The van der Waals surface area contributed by atoms with Crippen molar-refractivity contribution in [2.75, 3.05) is 25.1 Å². The van der Waals surface area contributed by atoms with Gasteiger partial charge in [0.15, 0.2) is 5.54 Å². The zero-order valence-corrected chi connectivity index (χ0v) is 15.7. The monoisotopic (exact) mass is 383 g/mol. The topological polar surface area (TPSA) is 92.1 Å². The molecule has 1 fully saturated rings. The Kier molecular flexibility index (Phi) is 4.33. The smallest absolute Gasteiger partial charge is 0.325 e. The van der Waals surface area contributed by atoms with Crippen molar-refractivity contribution < 1.29 is 23.5 Å². The number of hydrogen-bond donors (Lipinski definition) is 1. The fraction of sp³-hybridized carbons (Fsp3) is 0.350. The lowest BCUT2D eigenvalue weighted by Gasteiger charge is -2.30. The summed E-state index contributed by atoms with van der Waals surface area (Å²) in [6.07, 6.45) is 3.08. The molecule has 0 aliphatic carbocycles. The zero-order valence-electron chi connectivity index (χ0n) is 15.7. The summed E-state index contributed by atoms with van der Waals surface area (Å²) in [7, 11) is 1.60. The lowest BCUT2D eigenvalue weighted by molar-refractivity contribution is -0.134. The van der Waals surface area contributed by atoms with E-state index in [-0.39, 0.29) is 12.5 Å². The Morgan fingerprint density at radius 2 is 2.14 bits per heavy atom. The molecule has 0 spiro atoms. The summed E-state index contributed by atoms with van der Waals surface area (Å²) in [5.74, 6) is 0.249. The number of benzene rings is 1. The van der Waals surface area contributed by atoms with Crippen molar-refractivity contribution in [2.24, 2.45) is 0 Å². The Bertz CT molecular complexity index is 939. The zero-order chi connectivity index (χ0) is 19.9. The maximum Gasteiger partial charge on any atom is 0.325 e. The number of nitrogens with one attached hydrogen (secondary N) is 1. The number of ether oxygens (including phenoxy) is 1. The van der Waals surface area contributed by atoms with E-state index in [1.165, 1.54) is 6.26 Å². The molecular formula is C20H21N3O5. The third-order valence-corrected chi connectivity index (χ3v) is 5.29. The number of amides is 4. The average Bonchev–Trinajstić information content (AvgIpc) is 3.31. The fourth-order valence-electron chi connectivity index (χ4n) is 3.75. The number of urea groups is 1. The molecule has 1 unspecified atom stereocenters. The number of carbonyl (C=O) groups excluding carboxylic acids is 3. The number of anilines is 1. The molecule has 3 heterocycles. The van der Waals surface area contributed by atoms with Crippen molar-refractivity contribution in [2.45, 2.75) is 25.3 Å². The van der Waals surface area contributed by atoms with Crippen LogP contribution in [0.25, 0.3) is 0 Å². The third kappa shape index (κ3) is 2.81. The molecule has 1 N–H and O–H groups in total. The molecule has 1 aromatic heterocycles. The lowest BCUT2D eigenvalue weighted by Crippen LogP contribution is -2.46. The molecule has 28 heavy (non-hydrogen) atoms. The minimum atomic E-state index is -1.31. The van der Waals surface area contributed by atoms with Crippen LogP contribution in [0, 0.1) is 0 Å². The van der Waals surface area contributed by atoms with E-state index < -0.39 is 17.5 Å². The number of nitrogens with zero attached hydrogens (tertiary/aromatic N) is 2. The van der Waals surface area contributed by atoms with E-state index in [4.69, 9.17) is 9.15 Å². The molecule has 2 aliphatic rings. The van der Waals surface area contributed by atoms with Crippen LogP contribution in [0.5, 0.6) is 5.75 Å². The third-order valence-electron chi connectivity index (χ3n) is 5.29. The van der Waals surface area contributed by atoms with E-state index >= 15 is 0 Å². The van der Waals surface area contributed by atoms with Crippen molar-refractivity contribution in [1.82, 2.24) is 10.2 Å². The molecule has 4 amide bonds. The first-order chi connectivity index (χ1) is 13.4. The predicted molar refractivity (Wildman–Crippen MR) is 100.0 cm³/mol. The molecule has 2 aromatic rings. The Morgan fingerprint density at radius 1 is 1.32 bits per heavy atom. The van der Waals surface area contributed by atoms with Crippen LogP contribution >= 0.6 is 0 Å². The van der Waals surface area contributed by atoms with E-state index in [2.05, 4.69) is 5.32 Å². The average molecular weight is 383 g/mol. The van der Waals surface area contributed by atoms with Crippen LogP contribution < -0.4 is 15.0 Å². The van der Waals surface area contributed by atoms with Gasteiger partial charge in [0.1, 0.15) is 18.1 Å². The summed E-state index contributed by atoms with van der Waals surface area (Å²) in [6.45, 7) is 1.78. The number of hydrogen-bond acceptors (Lipinski definition) is 5.